The van der Waals surface area contributed by atoms with E-state index in [0.717, 1.165) is 47.2 Å². The third-order valence-corrected chi connectivity index (χ3v) is 6.27. The Bertz CT molecular complexity index is 1210. The molecular formula is C25H26ClN3O3. The summed E-state index contributed by atoms with van der Waals surface area (Å²) in [7, 11) is 3.40. The van der Waals surface area contributed by atoms with E-state index in [9.17, 15) is 10.1 Å². The minimum Gasteiger partial charge on any atom is -0.490 e. The van der Waals surface area contributed by atoms with E-state index in [1.54, 1.807) is 18.7 Å². The van der Waals surface area contributed by atoms with E-state index >= 15 is 0 Å². The normalized spacial score (nSPS) is 14.5. The molecule has 0 radical (unpaired) electrons. The van der Waals surface area contributed by atoms with Crippen LogP contribution in [0.5, 0.6) is 5.75 Å². The maximum absolute atomic E-state index is 13.0. The summed E-state index contributed by atoms with van der Waals surface area (Å²) in [6.07, 6.45) is 2.45. The van der Waals surface area contributed by atoms with Crippen molar-refractivity contribution in [1.82, 2.24) is 4.57 Å². The van der Waals surface area contributed by atoms with E-state index in [1.165, 1.54) is 0 Å². The van der Waals surface area contributed by atoms with E-state index in [-0.39, 0.29) is 17.2 Å². The number of aryl methyl sites for hydroxylation is 1. The van der Waals surface area contributed by atoms with Crippen LogP contribution >= 0.6 is 11.6 Å². The predicted octanol–water partition coefficient (Wildman–Crippen LogP) is 4.30. The summed E-state index contributed by atoms with van der Waals surface area (Å²) in [6.45, 7) is 2.03. The van der Waals surface area contributed by atoms with Gasteiger partial charge in [0.05, 0.1) is 17.8 Å². The summed E-state index contributed by atoms with van der Waals surface area (Å²) in [5.41, 5.74) is 2.59. The van der Waals surface area contributed by atoms with Gasteiger partial charge in [-0.1, -0.05) is 23.7 Å². The number of fused-ring (bicyclic) bond motifs is 1. The van der Waals surface area contributed by atoms with Crippen LogP contribution in [0.3, 0.4) is 0 Å². The Morgan fingerprint density at radius 1 is 1.16 bits per heavy atom. The number of benzene rings is 2. The number of anilines is 1. The Balaban J connectivity index is 1.62. The van der Waals surface area contributed by atoms with Crippen molar-refractivity contribution in [3.63, 3.8) is 0 Å². The maximum atomic E-state index is 13.0. The molecule has 1 aliphatic rings. The van der Waals surface area contributed by atoms with Gasteiger partial charge < -0.3 is 18.9 Å². The van der Waals surface area contributed by atoms with Crippen molar-refractivity contribution in [2.45, 2.75) is 25.4 Å². The van der Waals surface area contributed by atoms with Gasteiger partial charge in [0.25, 0.3) is 5.56 Å². The third kappa shape index (κ3) is 4.45. The number of hydrogen-bond acceptors (Lipinski definition) is 5. The second-order valence-electron chi connectivity index (χ2n) is 8.05. The van der Waals surface area contributed by atoms with Crippen LogP contribution in [0.2, 0.25) is 5.02 Å². The number of methoxy groups -OCH3 is 1. The van der Waals surface area contributed by atoms with Gasteiger partial charge in [0.2, 0.25) is 0 Å². The van der Waals surface area contributed by atoms with Gasteiger partial charge in [0.1, 0.15) is 23.5 Å². The SMILES string of the molecule is COCCc1ccc2c(N3CCC(Oc4ccc(Cl)cc4)CC3)c(C#N)c(=O)n(C)c2c1. The molecule has 166 valence electrons. The van der Waals surface area contributed by atoms with Crippen LogP contribution in [-0.4, -0.2) is 37.5 Å². The van der Waals surface area contributed by atoms with Crippen molar-refractivity contribution in [3.8, 4) is 11.8 Å². The molecule has 1 saturated heterocycles. The third-order valence-electron chi connectivity index (χ3n) is 6.02. The summed E-state index contributed by atoms with van der Waals surface area (Å²) in [6, 6.07) is 15.6. The minimum absolute atomic E-state index is 0.0800. The quantitative estimate of drug-likeness (QED) is 0.559. The van der Waals surface area contributed by atoms with Gasteiger partial charge in [-0.05, 0) is 42.3 Å². The molecule has 1 fully saturated rings. The van der Waals surface area contributed by atoms with Crippen LogP contribution in [0.1, 0.15) is 24.0 Å². The predicted molar refractivity (Wildman–Crippen MR) is 127 cm³/mol. The summed E-state index contributed by atoms with van der Waals surface area (Å²) in [5, 5.41) is 11.4. The maximum Gasteiger partial charge on any atom is 0.270 e. The molecule has 1 aromatic heterocycles. The van der Waals surface area contributed by atoms with Gasteiger partial charge in [-0.3, -0.25) is 4.79 Å². The number of nitriles is 1. The standard InChI is InChI=1S/C25H26ClN3O3/c1-28-23-15-17(11-14-31-2)3-8-21(23)24(22(16-27)25(28)30)29-12-9-20(10-13-29)32-19-6-4-18(26)5-7-19/h3-8,15,20H,9-14H2,1-2H3. The fourth-order valence-electron chi connectivity index (χ4n) is 4.28. The molecule has 32 heavy (non-hydrogen) atoms. The molecule has 2 aromatic carbocycles. The van der Waals surface area contributed by atoms with Crippen LogP contribution in [0.4, 0.5) is 5.69 Å². The summed E-state index contributed by atoms with van der Waals surface area (Å²) < 4.78 is 12.9. The number of piperidine rings is 1. The zero-order valence-electron chi connectivity index (χ0n) is 18.3. The second kappa shape index (κ2) is 9.64. The Morgan fingerprint density at radius 3 is 2.53 bits per heavy atom. The second-order valence-corrected chi connectivity index (χ2v) is 8.49. The lowest BCUT2D eigenvalue weighted by Gasteiger charge is -2.35. The molecule has 2 heterocycles. The first kappa shape index (κ1) is 22.2. The van der Waals surface area contributed by atoms with Gasteiger partial charge in [-0.2, -0.15) is 5.26 Å². The zero-order chi connectivity index (χ0) is 22.7. The van der Waals surface area contributed by atoms with Crippen molar-refractivity contribution < 1.29 is 9.47 Å². The van der Waals surface area contributed by atoms with Gasteiger partial charge in [0.15, 0.2) is 0 Å². The molecule has 0 aliphatic carbocycles. The molecule has 3 aromatic rings. The highest BCUT2D eigenvalue weighted by molar-refractivity contribution is 6.30. The summed E-state index contributed by atoms with van der Waals surface area (Å²) in [4.78, 5) is 15.1. The number of halogens is 1. The van der Waals surface area contributed by atoms with Gasteiger partial charge >= 0.3 is 0 Å². The Hall–Kier alpha value is -3.01. The molecule has 0 saturated carbocycles. The first-order valence-electron chi connectivity index (χ1n) is 10.7. The largest absolute Gasteiger partial charge is 0.490 e. The van der Waals surface area contributed by atoms with Crippen LogP contribution in [-0.2, 0) is 18.2 Å². The molecule has 0 bridgehead atoms. The van der Waals surface area contributed by atoms with E-state index < -0.39 is 0 Å². The smallest absolute Gasteiger partial charge is 0.270 e. The van der Waals surface area contributed by atoms with E-state index in [1.807, 2.05) is 42.5 Å². The van der Waals surface area contributed by atoms with Crippen LogP contribution in [0.25, 0.3) is 10.9 Å². The van der Waals surface area contributed by atoms with Crippen LogP contribution in [0, 0.1) is 11.3 Å². The lowest BCUT2D eigenvalue weighted by atomic mass is 10.0. The van der Waals surface area contributed by atoms with Crippen molar-refractivity contribution >= 4 is 28.2 Å². The lowest BCUT2D eigenvalue weighted by Crippen LogP contribution is -2.40. The lowest BCUT2D eigenvalue weighted by molar-refractivity contribution is 0.171. The first-order chi connectivity index (χ1) is 15.5. The highest BCUT2D eigenvalue weighted by Gasteiger charge is 2.26. The molecule has 0 atom stereocenters. The molecular weight excluding hydrogens is 426 g/mol. The Kier molecular flexibility index (Phi) is 6.69. The van der Waals surface area contributed by atoms with Crippen molar-refractivity contribution in [1.29, 1.82) is 5.26 Å². The highest BCUT2D eigenvalue weighted by Crippen LogP contribution is 2.32. The molecule has 0 unspecified atom stereocenters. The van der Waals surface area contributed by atoms with Crippen molar-refractivity contribution in [2.24, 2.45) is 7.05 Å². The molecule has 0 amide bonds. The Morgan fingerprint density at radius 2 is 1.88 bits per heavy atom. The number of pyridine rings is 1. The van der Waals surface area contributed by atoms with Gasteiger partial charge in [-0.25, -0.2) is 0 Å². The Labute approximate surface area is 192 Å². The van der Waals surface area contributed by atoms with E-state index in [4.69, 9.17) is 21.1 Å². The highest BCUT2D eigenvalue weighted by atomic mass is 35.5. The van der Waals surface area contributed by atoms with E-state index in [2.05, 4.69) is 11.0 Å². The van der Waals surface area contributed by atoms with Crippen LogP contribution in [0.15, 0.2) is 47.3 Å². The van der Waals surface area contributed by atoms with Crippen molar-refractivity contribution in [2.75, 3.05) is 31.7 Å². The first-order valence-corrected chi connectivity index (χ1v) is 11.1. The molecule has 1 aliphatic heterocycles. The van der Waals surface area contributed by atoms with Crippen LogP contribution < -0.4 is 15.2 Å². The molecule has 6 nitrogen and oxygen atoms in total. The molecule has 4 rings (SSSR count). The van der Waals surface area contributed by atoms with Gasteiger partial charge in [-0.15, -0.1) is 0 Å². The number of ether oxygens (including phenoxy) is 2. The van der Waals surface area contributed by atoms with E-state index in [0.29, 0.717) is 24.7 Å². The average molecular weight is 452 g/mol. The number of rotatable bonds is 6. The number of hydrogen-bond donors (Lipinski definition) is 0. The summed E-state index contributed by atoms with van der Waals surface area (Å²) >= 11 is 5.95. The minimum atomic E-state index is -0.265. The molecule has 7 heteroatoms. The average Bonchev–Trinajstić information content (AvgIpc) is 2.82. The molecule has 0 spiro atoms. The fraction of sp³-hybridized carbons (Fsp3) is 0.360. The monoisotopic (exact) mass is 451 g/mol. The number of aromatic nitrogens is 1. The van der Waals surface area contributed by atoms with Gasteiger partial charge in [0, 0.05) is 50.5 Å². The number of nitrogens with zero attached hydrogens (tertiary/aromatic N) is 3. The molecule has 0 N–H and O–H groups in total. The summed E-state index contributed by atoms with van der Waals surface area (Å²) in [5.74, 6) is 0.799. The topological polar surface area (TPSA) is 67.5 Å². The van der Waals surface area contributed by atoms with Crippen molar-refractivity contribution in [3.05, 3.63) is 69.0 Å². The zero-order valence-corrected chi connectivity index (χ0v) is 19.1. The fourth-order valence-corrected chi connectivity index (χ4v) is 4.40.